The van der Waals surface area contributed by atoms with E-state index in [2.05, 4.69) is 52.7 Å². The summed E-state index contributed by atoms with van der Waals surface area (Å²) in [5.41, 5.74) is 2.44. The van der Waals surface area contributed by atoms with Gasteiger partial charge in [0.15, 0.2) is 11.5 Å². The molecule has 2 aromatic rings. The van der Waals surface area contributed by atoms with Gasteiger partial charge in [0.1, 0.15) is 5.92 Å². The van der Waals surface area contributed by atoms with Gasteiger partial charge in [-0.1, -0.05) is 61.7 Å². The molecule has 2 aromatic carbocycles. The number of hydrogen-bond donors (Lipinski definition) is 1. The molecule has 3 fully saturated rings. The molecule has 1 amide bonds. The number of rotatable bonds is 4. The third-order valence-electron chi connectivity index (χ3n) is 10.0. The molecule has 1 spiro atoms. The Morgan fingerprint density at radius 3 is 2.68 bits per heavy atom. The van der Waals surface area contributed by atoms with Crippen LogP contribution < -0.4 is 14.8 Å². The van der Waals surface area contributed by atoms with Crippen LogP contribution >= 0.6 is 0 Å². The maximum absolute atomic E-state index is 14.7. The molecule has 0 aromatic heterocycles. The summed E-state index contributed by atoms with van der Waals surface area (Å²) in [5, 5.41) is 2.38. The quantitative estimate of drug-likeness (QED) is 0.661. The van der Waals surface area contributed by atoms with E-state index in [1.165, 1.54) is 43.2 Å². The van der Waals surface area contributed by atoms with Crippen LogP contribution in [-0.2, 0) is 10.2 Å². The average Bonchev–Trinajstić information content (AvgIpc) is 3.30. The Morgan fingerprint density at radius 1 is 1.03 bits per heavy atom. The van der Waals surface area contributed by atoms with E-state index < -0.39 is 0 Å². The molecule has 0 radical (unpaired) electrons. The number of ether oxygens (including phenoxy) is 2. The predicted molar refractivity (Wildman–Crippen MR) is 145 cm³/mol. The van der Waals surface area contributed by atoms with Gasteiger partial charge in [-0.05, 0) is 62.0 Å². The molecular formula is C32H43N2O3+. The molecule has 4 atom stereocenters. The summed E-state index contributed by atoms with van der Waals surface area (Å²) in [6.07, 6.45) is 10.6. The van der Waals surface area contributed by atoms with Gasteiger partial charge in [0.2, 0.25) is 5.91 Å². The smallest absolute Gasteiger partial charge is 0.232 e. The molecule has 2 saturated heterocycles. The van der Waals surface area contributed by atoms with E-state index in [0.29, 0.717) is 30.4 Å². The Morgan fingerprint density at radius 2 is 1.86 bits per heavy atom. The second kappa shape index (κ2) is 10.7. The number of benzene rings is 2. The maximum Gasteiger partial charge on any atom is 0.232 e. The van der Waals surface area contributed by atoms with Crippen LogP contribution in [0.2, 0.25) is 0 Å². The first-order valence-corrected chi connectivity index (χ1v) is 14.7. The van der Waals surface area contributed by atoms with Gasteiger partial charge >= 0.3 is 0 Å². The van der Waals surface area contributed by atoms with E-state index in [9.17, 15) is 4.79 Å². The Labute approximate surface area is 221 Å². The van der Waals surface area contributed by atoms with Crippen molar-refractivity contribution in [3.63, 3.8) is 0 Å². The minimum Gasteiger partial charge on any atom is -0.493 e. The van der Waals surface area contributed by atoms with Crippen LogP contribution in [0.1, 0.15) is 74.8 Å². The SMILES string of the molecule is COc1cccc2c1OCCC[C@]21C[NH2+]C[C@H]1C(=O)N1CC[C@@H](c2ccccc2)C[C@H]1C1CCCCC1. The highest BCUT2D eigenvalue weighted by Crippen LogP contribution is 2.49. The summed E-state index contributed by atoms with van der Waals surface area (Å²) >= 11 is 0. The van der Waals surface area contributed by atoms with Gasteiger partial charge < -0.3 is 19.7 Å². The van der Waals surface area contributed by atoms with Crippen LogP contribution in [0.15, 0.2) is 48.5 Å². The summed E-state index contributed by atoms with van der Waals surface area (Å²) in [6, 6.07) is 17.6. The largest absolute Gasteiger partial charge is 0.493 e. The number of carbonyl (C=O) groups excluding carboxylic acids is 1. The van der Waals surface area contributed by atoms with Crippen molar-refractivity contribution in [2.45, 2.75) is 75.2 Å². The molecule has 0 unspecified atom stereocenters. The lowest BCUT2D eigenvalue weighted by Crippen LogP contribution is -2.82. The molecule has 6 rings (SSSR count). The van der Waals surface area contributed by atoms with Crippen LogP contribution in [0, 0.1) is 11.8 Å². The van der Waals surface area contributed by atoms with Gasteiger partial charge in [0, 0.05) is 18.2 Å². The summed E-state index contributed by atoms with van der Waals surface area (Å²) < 4.78 is 11.9. The first kappa shape index (κ1) is 24.8. The summed E-state index contributed by atoms with van der Waals surface area (Å²) in [6.45, 7) is 3.38. The second-order valence-corrected chi connectivity index (χ2v) is 11.9. The first-order chi connectivity index (χ1) is 18.2. The highest BCUT2D eigenvalue weighted by molar-refractivity contribution is 5.82. The Bertz CT molecular complexity index is 1080. The fourth-order valence-electron chi connectivity index (χ4n) is 8.17. The van der Waals surface area contributed by atoms with Crippen LogP contribution in [0.4, 0.5) is 0 Å². The van der Waals surface area contributed by atoms with Gasteiger partial charge in [0.25, 0.3) is 0 Å². The fraction of sp³-hybridized carbons (Fsp3) is 0.594. The monoisotopic (exact) mass is 503 g/mol. The number of fused-ring (bicyclic) bond motifs is 2. The third kappa shape index (κ3) is 4.54. The van der Waals surface area contributed by atoms with Crippen LogP contribution in [0.5, 0.6) is 11.5 Å². The summed E-state index contributed by atoms with van der Waals surface area (Å²) in [4.78, 5) is 17.0. The number of likely N-dealkylation sites (tertiary alicyclic amines) is 1. The van der Waals surface area contributed by atoms with Crippen molar-refractivity contribution in [2.75, 3.05) is 33.4 Å². The molecule has 2 N–H and O–H groups in total. The number of amides is 1. The van der Waals surface area contributed by atoms with Crippen molar-refractivity contribution in [3.8, 4) is 11.5 Å². The van der Waals surface area contributed by atoms with Crippen molar-refractivity contribution in [1.82, 2.24) is 4.90 Å². The second-order valence-electron chi connectivity index (χ2n) is 11.9. The number of nitrogens with zero attached hydrogens (tertiary/aromatic N) is 1. The number of para-hydroxylation sites is 1. The number of quaternary nitrogens is 1. The van der Waals surface area contributed by atoms with Crippen molar-refractivity contribution in [2.24, 2.45) is 11.8 Å². The lowest BCUT2D eigenvalue weighted by atomic mass is 9.68. The van der Waals surface area contributed by atoms with E-state index in [-0.39, 0.29) is 11.3 Å². The van der Waals surface area contributed by atoms with Crippen molar-refractivity contribution in [1.29, 1.82) is 0 Å². The highest BCUT2D eigenvalue weighted by atomic mass is 16.5. The third-order valence-corrected chi connectivity index (χ3v) is 10.0. The predicted octanol–water partition coefficient (Wildman–Crippen LogP) is 4.65. The van der Waals surface area contributed by atoms with Gasteiger partial charge in [-0.25, -0.2) is 0 Å². The minimum atomic E-state index is -0.190. The number of hydrogen-bond acceptors (Lipinski definition) is 3. The topological polar surface area (TPSA) is 55.4 Å². The first-order valence-electron chi connectivity index (χ1n) is 14.7. The minimum absolute atomic E-state index is 0.0144. The van der Waals surface area contributed by atoms with Gasteiger partial charge in [-0.3, -0.25) is 4.79 Å². The maximum atomic E-state index is 14.7. The van der Waals surface area contributed by atoms with Crippen molar-refractivity contribution >= 4 is 5.91 Å². The number of piperidine rings is 1. The highest BCUT2D eigenvalue weighted by Gasteiger charge is 2.55. The average molecular weight is 504 g/mol. The summed E-state index contributed by atoms with van der Waals surface area (Å²) in [7, 11) is 1.71. The molecule has 5 nitrogen and oxygen atoms in total. The number of carbonyl (C=O) groups is 1. The molecule has 1 aliphatic carbocycles. The van der Waals surface area contributed by atoms with Crippen molar-refractivity contribution in [3.05, 3.63) is 59.7 Å². The zero-order valence-electron chi connectivity index (χ0n) is 22.4. The Balaban J connectivity index is 1.32. The zero-order chi connectivity index (χ0) is 25.2. The standard InChI is InChI=1S/C32H42N2O3/c1-36-29-15-8-14-26-30(29)37-19-9-17-32(26)22-33-21-27(32)31(35)34-18-16-25(23-10-4-2-5-11-23)20-28(34)24-12-6-3-7-13-24/h2,4-5,8,10-11,14-15,24-25,27-28,33H,3,6-7,9,12-13,16-22H2,1H3/p+1/t25-,27+,28+,32+/m1/s1. The Kier molecular flexibility index (Phi) is 7.16. The molecule has 0 bridgehead atoms. The van der Waals surface area contributed by atoms with Crippen LogP contribution in [0.25, 0.3) is 0 Å². The Hall–Kier alpha value is -2.53. The van der Waals surface area contributed by atoms with Gasteiger partial charge in [-0.15, -0.1) is 0 Å². The van der Waals surface area contributed by atoms with E-state index in [1.54, 1.807) is 7.11 Å². The molecule has 1 saturated carbocycles. The van der Waals surface area contributed by atoms with E-state index >= 15 is 0 Å². The van der Waals surface area contributed by atoms with E-state index in [0.717, 1.165) is 56.8 Å². The molecule has 3 heterocycles. The number of methoxy groups -OCH3 is 1. The molecule has 5 heteroatoms. The summed E-state index contributed by atoms with van der Waals surface area (Å²) in [5.74, 6) is 3.22. The fourth-order valence-corrected chi connectivity index (χ4v) is 8.17. The van der Waals surface area contributed by atoms with E-state index in [1.807, 2.05) is 6.07 Å². The van der Waals surface area contributed by atoms with Crippen LogP contribution in [0.3, 0.4) is 0 Å². The lowest BCUT2D eigenvalue weighted by molar-refractivity contribution is -0.640. The molecule has 37 heavy (non-hydrogen) atoms. The van der Waals surface area contributed by atoms with Gasteiger partial charge in [-0.2, -0.15) is 0 Å². The normalized spacial score (nSPS) is 30.4. The molecular weight excluding hydrogens is 460 g/mol. The van der Waals surface area contributed by atoms with E-state index in [4.69, 9.17) is 9.47 Å². The van der Waals surface area contributed by atoms with Gasteiger partial charge in [0.05, 0.1) is 32.2 Å². The molecule has 3 aliphatic heterocycles. The van der Waals surface area contributed by atoms with Crippen molar-refractivity contribution < 1.29 is 19.6 Å². The van der Waals surface area contributed by atoms with Crippen LogP contribution in [-0.4, -0.2) is 50.2 Å². The lowest BCUT2D eigenvalue weighted by Gasteiger charge is -2.46. The molecule has 4 aliphatic rings. The zero-order valence-corrected chi connectivity index (χ0v) is 22.4. The number of nitrogens with two attached hydrogens (primary N) is 1. The molecule has 198 valence electrons.